The number of carbonyl (C=O) groups excluding carboxylic acids is 2. The van der Waals surface area contributed by atoms with Crippen molar-refractivity contribution < 1.29 is 23.5 Å². The number of methoxy groups -OCH3 is 1. The lowest BCUT2D eigenvalue weighted by atomic mass is 9.93. The molecule has 2 aromatic carbocycles. The molecule has 0 aromatic heterocycles. The van der Waals surface area contributed by atoms with Crippen molar-refractivity contribution in [1.29, 1.82) is 0 Å². The molecule has 1 saturated carbocycles. The molecule has 0 radical (unpaired) electrons. The van der Waals surface area contributed by atoms with E-state index in [1.54, 1.807) is 19.2 Å². The monoisotopic (exact) mass is 401 g/mol. The Kier molecular flexibility index (Phi) is 6.89. The first-order chi connectivity index (χ1) is 14.0. The van der Waals surface area contributed by atoms with E-state index in [9.17, 15) is 14.0 Å². The summed E-state index contributed by atoms with van der Waals surface area (Å²) < 4.78 is 23.6. The molecule has 0 bridgehead atoms. The fraction of sp³-hybridized carbons (Fsp3) is 0.333. The Balaban J connectivity index is 1.47. The van der Waals surface area contributed by atoms with E-state index in [0.717, 1.165) is 19.3 Å². The summed E-state index contributed by atoms with van der Waals surface area (Å²) in [5.74, 6) is 0.196. The summed E-state index contributed by atoms with van der Waals surface area (Å²) in [6.45, 7) is 0. The maximum absolute atomic E-state index is 12.9. The second-order valence-corrected chi connectivity index (χ2v) is 6.82. The Morgan fingerprint density at radius 1 is 1.03 bits per heavy atom. The average Bonchev–Trinajstić information content (AvgIpc) is 2.70. The first-order valence-corrected chi connectivity index (χ1v) is 9.47. The van der Waals surface area contributed by atoms with Gasteiger partial charge >= 0.3 is 12.1 Å². The van der Waals surface area contributed by atoms with Crippen LogP contribution in [0.1, 0.15) is 25.7 Å². The van der Waals surface area contributed by atoms with Gasteiger partial charge < -0.3 is 20.1 Å². The molecule has 0 unspecified atom stereocenters. The summed E-state index contributed by atoms with van der Waals surface area (Å²) >= 11 is 0. The lowest BCUT2D eigenvalue weighted by Crippen LogP contribution is -2.43. The second-order valence-electron chi connectivity index (χ2n) is 6.82. The predicted molar refractivity (Wildman–Crippen MR) is 108 cm³/mol. The minimum absolute atomic E-state index is 0.109. The predicted octanol–water partition coefficient (Wildman–Crippen LogP) is 4.52. The van der Waals surface area contributed by atoms with Gasteiger partial charge in [0.25, 0.3) is 0 Å². The van der Waals surface area contributed by atoms with Crippen LogP contribution in [0, 0.1) is 5.82 Å². The smallest absolute Gasteiger partial charge is 0.411 e. The highest BCUT2D eigenvalue weighted by Gasteiger charge is 2.26. The van der Waals surface area contributed by atoms with Gasteiger partial charge in [-0.2, -0.15) is 0 Å². The molecule has 1 fully saturated rings. The Hall–Kier alpha value is -3.29. The number of para-hydroxylation sites is 2. The highest BCUT2D eigenvalue weighted by molar-refractivity contribution is 5.91. The number of ether oxygens (including phenoxy) is 2. The molecule has 7 nitrogen and oxygen atoms in total. The van der Waals surface area contributed by atoms with Crippen LogP contribution in [-0.2, 0) is 4.74 Å². The molecule has 0 spiro atoms. The number of carbonyl (C=O) groups is 2. The van der Waals surface area contributed by atoms with Gasteiger partial charge in [-0.05, 0) is 55.7 Å². The van der Waals surface area contributed by atoms with Crippen LogP contribution in [-0.4, -0.2) is 31.4 Å². The fourth-order valence-corrected chi connectivity index (χ4v) is 3.31. The third-order valence-corrected chi connectivity index (χ3v) is 4.68. The maximum Gasteiger partial charge on any atom is 0.411 e. The summed E-state index contributed by atoms with van der Waals surface area (Å²) in [5.41, 5.74) is 1.04. The van der Waals surface area contributed by atoms with E-state index in [4.69, 9.17) is 9.47 Å². The minimum atomic E-state index is -0.597. The normalized spacial score (nSPS) is 18.4. The molecule has 3 N–H and O–H groups in total. The van der Waals surface area contributed by atoms with Crippen LogP contribution in [0.25, 0.3) is 0 Å². The number of amides is 3. The van der Waals surface area contributed by atoms with Gasteiger partial charge in [0.1, 0.15) is 17.7 Å². The van der Waals surface area contributed by atoms with Crippen molar-refractivity contribution in [3.8, 4) is 5.75 Å². The number of halogens is 1. The van der Waals surface area contributed by atoms with Crippen molar-refractivity contribution in [2.75, 3.05) is 17.7 Å². The van der Waals surface area contributed by atoms with Gasteiger partial charge in [0.2, 0.25) is 0 Å². The topological polar surface area (TPSA) is 88.7 Å². The van der Waals surface area contributed by atoms with Crippen LogP contribution in [0.5, 0.6) is 5.75 Å². The molecule has 0 aliphatic heterocycles. The van der Waals surface area contributed by atoms with Crippen molar-refractivity contribution >= 4 is 23.5 Å². The molecule has 3 amide bonds. The Morgan fingerprint density at radius 2 is 1.79 bits per heavy atom. The van der Waals surface area contributed by atoms with E-state index >= 15 is 0 Å². The van der Waals surface area contributed by atoms with E-state index in [2.05, 4.69) is 16.0 Å². The molecule has 154 valence electrons. The number of hydrogen-bond acceptors (Lipinski definition) is 4. The first-order valence-electron chi connectivity index (χ1n) is 9.47. The van der Waals surface area contributed by atoms with Crippen molar-refractivity contribution in [2.24, 2.45) is 0 Å². The molecular weight excluding hydrogens is 377 g/mol. The third kappa shape index (κ3) is 6.10. The van der Waals surface area contributed by atoms with E-state index < -0.39 is 6.09 Å². The van der Waals surface area contributed by atoms with Crippen LogP contribution >= 0.6 is 0 Å². The molecule has 29 heavy (non-hydrogen) atoms. The van der Waals surface area contributed by atoms with Gasteiger partial charge in [0.15, 0.2) is 0 Å². The molecule has 0 saturated heterocycles. The minimum Gasteiger partial charge on any atom is -0.495 e. The summed E-state index contributed by atoms with van der Waals surface area (Å²) in [5, 5.41) is 8.27. The Labute approximate surface area is 168 Å². The molecule has 8 heteroatoms. The lowest BCUT2D eigenvalue weighted by Gasteiger charge is -2.29. The second kappa shape index (κ2) is 9.77. The van der Waals surface area contributed by atoms with Gasteiger partial charge in [-0.1, -0.05) is 12.1 Å². The quantitative estimate of drug-likeness (QED) is 0.687. The summed E-state index contributed by atoms with van der Waals surface area (Å²) in [6, 6.07) is 12.1. The highest BCUT2D eigenvalue weighted by atomic mass is 19.1. The van der Waals surface area contributed by atoms with E-state index in [0.29, 0.717) is 23.5 Å². The summed E-state index contributed by atoms with van der Waals surface area (Å²) in [6.07, 6.45) is 1.98. The van der Waals surface area contributed by atoms with E-state index in [-0.39, 0.29) is 24.0 Å². The number of urea groups is 1. The van der Waals surface area contributed by atoms with Crippen molar-refractivity contribution in [3.05, 3.63) is 54.3 Å². The zero-order valence-electron chi connectivity index (χ0n) is 16.1. The zero-order chi connectivity index (χ0) is 20.6. The van der Waals surface area contributed by atoms with E-state index in [1.807, 2.05) is 12.1 Å². The highest BCUT2D eigenvalue weighted by Crippen LogP contribution is 2.24. The molecule has 1 aliphatic rings. The van der Waals surface area contributed by atoms with Gasteiger partial charge in [0, 0.05) is 18.2 Å². The summed E-state index contributed by atoms with van der Waals surface area (Å²) in [7, 11) is 1.54. The fourth-order valence-electron chi connectivity index (χ4n) is 3.31. The molecule has 0 heterocycles. The lowest BCUT2D eigenvalue weighted by molar-refractivity contribution is 0.0779. The van der Waals surface area contributed by atoms with E-state index in [1.165, 1.54) is 24.3 Å². The summed E-state index contributed by atoms with van der Waals surface area (Å²) in [4.78, 5) is 24.4. The third-order valence-electron chi connectivity index (χ3n) is 4.68. The van der Waals surface area contributed by atoms with Crippen LogP contribution in [0.2, 0.25) is 0 Å². The average molecular weight is 401 g/mol. The van der Waals surface area contributed by atoms with Crippen molar-refractivity contribution in [1.82, 2.24) is 5.32 Å². The molecule has 3 rings (SSSR count). The SMILES string of the molecule is COc1ccccc1NC(=O)N[C@H]1CCC[C@@H](OC(=O)Nc2ccc(F)cc2)C1. The first kappa shape index (κ1) is 20.4. The van der Waals surface area contributed by atoms with Gasteiger partial charge in [0.05, 0.1) is 12.8 Å². The number of benzene rings is 2. The Morgan fingerprint density at radius 3 is 2.55 bits per heavy atom. The van der Waals surface area contributed by atoms with Gasteiger partial charge in [-0.3, -0.25) is 5.32 Å². The molecule has 1 aliphatic carbocycles. The largest absolute Gasteiger partial charge is 0.495 e. The maximum atomic E-state index is 12.9. The molecule has 2 atom stereocenters. The van der Waals surface area contributed by atoms with Crippen LogP contribution < -0.4 is 20.7 Å². The number of anilines is 2. The Bertz CT molecular complexity index is 844. The number of nitrogens with one attached hydrogen (secondary N) is 3. The number of hydrogen-bond donors (Lipinski definition) is 3. The standard InChI is InChI=1S/C21H24FN3O4/c1-28-19-8-3-2-7-18(19)25-20(26)23-16-5-4-6-17(13-16)29-21(27)24-15-11-9-14(22)10-12-15/h2-3,7-12,16-17H,4-6,13H2,1H3,(H,24,27)(H2,23,25,26)/t16-,17+/m0/s1. The van der Waals surface area contributed by atoms with Crippen LogP contribution in [0.4, 0.5) is 25.4 Å². The van der Waals surface area contributed by atoms with Crippen LogP contribution in [0.15, 0.2) is 48.5 Å². The molecule has 2 aromatic rings. The zero-order valence-corrected chi connectivity index (χ0v) is 16.1. The van der Waals surface area contributed by atoms with Crippen molar-refractivity contribution in [3.63, 3.8) is 0 Å². The molecular formula is C21H24FN3O4. The van der Waals surface area contributed by atoms with Gasteiger partial charge in [-0.15, -0.1) is 0 Å². The van der Waals surface area contributed by atoms with Gasteiger partial charge in [-0.25, -0.2) is 14.0 Å². The van der Waals surface area contributed by atoms with Crippen LogP contribution in [0.3, 0.4) is 0 Å². The number of rotatable bonds is 5. The van der Waals surface area contributed by atoms with Crippen molar-refractivity contribution in [2.45, 2.75) is 37.8 Å².